The van der Waals surface area contributed by atoms with Crippen molar-refractivity contribution in [1.29, 1.82) is 0 Å². The molecule has 0 saturated heterocycles. The summed E-state index contributed by atoms with van der Waals surface area (Å²) in [5.41, 5.74) is 0.960. The Morgan fingerprint density at radius 1 is 1.14 bits per heavy atom. The molecule has 1 saturated carbocycles. The van der Waals surface area contributed by atoms with Crippen LogP contribution in [0.2, 0.25) is 0 Å². The first-order chi connectivity index (χ1) is 6.77. The summed E-state index contributed by atoms with van der Waals surface area (Å²) in [5, 5.41) is 0. The molecule has 1 aliphatic rings. The lowest BCUT2D eigenvalue weighted by Crippen LogP contribution is -2.24. The predicted molar refractivity (Wildman–Crippen MR) is 57.8 cm³/mol. The lowest BCUT2D eigenvalue weighted by Gasteiger charge is -2.20. The zero-order valence-corrected chi connectivity index (χ0v) is 9.45. The zero-order chi connectivity index (χ0) is 10.4. The van der Waals surface area contributed by atoms with Gasteiger partial charge < -0.3 is 9.47 Å². The monoisotopic (exact) mass is 199 g/mol. The van der Waals surface area contributed by atoms with Crippen LogP contribution in [-0.2, 0) is 9.47 Å². The second-order valence-corrected chi connectivity index (χ2v) is 3.87. The van der Waals surface area contributed by atoms with Gasteiger partial charge >= 0.3 is 0 Å². The third kappa shape index (κ3) is 3.39. The van der Waals surface area contributed by atoms with Crippen molar-refractivity contribution in [2.45, 2.75) is 51.4 Å². The average molecular weight is 199 g/mol. The van der Waals surface area contributed by atoms with E-state index < -0.39 is 0 Å². The van der Waals surface area contributed by atoms with Crippen molar-refractivity contribution < 1.29 is 9.47 Å². The minimum atomic E-state index is -0.267. The van der Waals surface area contributed by atoms with Gasteiger partial charge in [0.2, 0.25) is 0 Å². The molecule has 0 aromatic rings. The smallest absolute Gasteiger partial charge is 0.195 e. The van der Waals surface area contributed by atoms with Crippen LogP contribution in [-0.4, -0.2) is 32.3 Å². The number of hydrogen-bond donors (Lipinski definition) is 0. The fourth-order valence-corrected chi connectivity index (χ4v) is 2.00. The maximum absolute atomic E-state index is 5.15. The van der Waals surface area contributed by atoms with Crippen molar-refractivity contribution in [2.24, 2.45) is 4.99 Å². The number of ether oxygens (including phenoxy) is 2. The van der Waals surface area contributed by atoms with Gasteiger partial charge in [-0.15, -0.1) is 0 Å². The Bertz CT molecular complexity index is 182. The zero-order valence-electron chi connectivity index (χ0n) is 9.45. The molecule has 1 rings (SSSR count). The van der Waals surface area contributed by atoms with Crippen molar-refractivity contribution in [2.75, 3.05) is 14.2 Å². The number of nitrogens with zero attached hydrogens (tertiary/aromatic N) is 1. The first-order valence-electron chi connectivity index (χ1n) is 5.37. The third-order valence-corrected chi connectivity index (χ3v) is 2.73. The van der Waals surface area contributed by atoms with E-state index in [0.717, 1.165) is 5.71 Å². The number of methoxy groups -OCH3 is 2. The van der Waals surface area contributed by atoms with E-state index in [9.17, 15) is 0 Å². The van der Waals surface area contributed by atoms with Crippen LogP contribution in [0.15, 0.2) is 4.99 Å². The highest BCUT2D eigenvalue weighted by Crippen LogP contribution is 2.20. The van der Waals surface area contributed by atoms with Gasteiger partial charge in [-0.1, -0.05) is 19.3 Å². The van der Waals surface area contributed by atoms with Gasteiger partial charge in [-0.05, 0) is 19.8 Å². The Hall–Kier alpha value is -0.410. The topological polar surface area (TPSA) is 30.8 Å². The fraction of sp³-hybridized carbons (Fsp3) is 0.909. The summed E-state index contributed by atoms with van der Waals surface area (Å²) in [6.45, 7) is 1.98. The normalized spacial score (nSPS) is 20.4. The van der Waals surface area contributed by atoms with E-state index in [4.69, 9.17) is 9.47 Å². The maximum Gasteiger partial charge on any atom is 0.195 e. The first-order valence-corrected chi connectivity index (χ1v) is 5.37. The first kappa shape index (κ1) is 11.7. The Labute approximate surface area is 86.5 Å². The Morgan fingerprint density at radius 3 is 2.21 bits per heavy atom. The average Bonchev–Trinajstić information content (AvgIpc) is 2.21. The van der Waals surface area contributed by atoms with Crippen LogP contribution in [0.3, 0.4) is 0 Å². The molecule has 0 heterocycles. The molecule has 3 nitrogen and oxygen atoms in total. The summed E-state index contributed by atoms with van der Waals surface area (Å²) in [6.07, 6.45) is 6.16. The molecule has 1 aliphatic carbocycles. The number of aliphatic imine (C=N–C) groups is 1. The van der Waals surface area contributed by atoms with Crippen molar-refractivity contribution in [3.05, 3.63) is 0 Å². The van der Waals surface area contributed by atoms with Gasteiger partial charge in [-0.25, -0.2) is 0 Å². The van der Waals surface area contributed by atoms with Crippen LogP contribution in [0.1, 0.15) is 39.0 Å². The molecule has 0 N–H and O–H groups in total. The van der Waals surface area contributed by atoms with Gasteiger partial charge in [0.15, 0.2) is 6.29 Å². The van der Waals surface area contributed by atoms with Gasteiger partial charge in [0.1, 0.15) is 0 Å². The second-order valence-electron chi connectivity index (χ2n) is 3.87. The van der Waals surface area contributed by atoms with Crippen molar-refractivity contribution in [3.63, 3.8) is 0 Å². The van der Waals surface area contributed by atoms with Crippen LogP contribution >= 0.6 is 0 Å². The van der Waals surface area contributed by atoms with Crippen LogP contribution in [0, 0.1) is 0 Å². The summed E-state index contributed by atoms with van der Waals surface area (Å²) in [4.78, 5) is 4.64. The summed E-state index contributed by atoms with van der Waals surface area (Å²) in [6, 6.07) is 0.497. The van der Waals surface area contributed by atoms with Crippen molar-refractivity contribution in [3.8, 4) is 0 Å². The van der Waals surface area contributed by atoms with Crippen molar-refractivity contribution in [1.82, 2.24) is 0 Å². The van der Waals surface area contributed by atoms with Crippen LogP contribution in [0.4, 0.5) is 0 Å². The highest BCUT2D eigenvalue weighted by Gasteiger charge is 2.15. The molecule has 14 heavy (non-hydrogen) atoms. The summed E-state index contributed by atoms with van der Waals surface area (Å²) in [7, 11) is 3.29. The lowest BCUT2D eigenvalue weighted by atomic mass is 9.96. The highest BCUT2D eigenvalue weighted by molar-refractivity contribution is 5.85. The Morgan fingerprint density at radius 2 is 1.71 bits per heavy atom. The fourth-order valence-electron chi connectivity index (χ4n) is 2.00. The van der Waals surface area contributed by atoms with Crippen LogP contribution in [0.5, 0.6) is 0 Å². The second kappa shape index (κ2) is 6.14. The molecule has 0 atom stereocenters. The molecule has 82 valence electrons. The molecular formula is C11H21NO2. The molecular weight excluding hydrogens is 178 g/mol. The van der Waals surface area contributed by atoms with E-state index >= 15 is 0 Å². The Kier molecular flexibility index (Phi) is 5.12. The van der Waals surface area contributed by atoms with Gasteiger partial charge in [0.25, 0.3) is 0 Å². The van der Waals surface area contributed by atoms with Crippen LogP contribution in [0.25, 0.3) is 0 Å². The molecule has 0 aliphatic heterocycles. The van der Waals surface area contributed by atoms with Gasteiger partial charge in [0.05, 0.1) is 11.8 Å². The molecule has 0 radical (unpaired) electrons. The number of rotatable bonds is 4. The molecule has 0 bridgehead atoms. The molecule has 0 aromatic carbocycles. The van der Waals surface area contributed by atoms with E-state index in [0.29, 0.717) is 6.04 Å². The summed E-state index contributed by atoms with van der Waals surface area (Å²) < 4.78 is 10.3. The molecule has 0 amide bonds. The van der Waals surface area contributed by atoms with Gasteiger partial charge in [-0.2, -0.15) is 0 Å². The van der Waals surface area contributed by atoms with Crippen LogP contribution < -0.4 is 0 Å². The largest absolute Gasteiger partial charge is 0.351 e. The SMILES string of the molecule is COC(OC)/C(C)=N/C1CCCCC1. The quantitative estimate of drug-likeness (QED) is 0.514. The summed E-state index contributed by atoms with van der Waals surface area (Å²) >= 11 is 0. The van der Waals surface area contributed by atoms with E-state index in [-0.39, 0.29) is 6.29 Å². The lowest BCUT2D eigenvalue weighted by molar-refractivity contribution is -0.0526. The maximum atomic E-state index is 5.15. The molecule has 0 aromatic heterocycles. The van der Waals surface area contributed by atoms with Gasteiger partial charge in [-0.3, -0.25) is 4.99 Å². The van der Waals surface area contributed by atoms with Crippen molar-refractivity contribution >= 4 is 5.71 Å². The van der Waals surface area contributed by atoms with E-state index in [1.54, 1.807) is 14.2 Å². The molecule has 1 fully saturated rings. The standard InChI is InChI=1S/C11H21NO2/c1-9(11(13-2)14-3)12-10-7-5-4-6-8-10/h10-11H,4-8H2,1-3H3/b12-9+. The van der Waals surface area contributed by atoms with Gasteiger partial charge in [0, 0.05) is 14.2 Å². The minimum Gasteiger partial charge on any atom is -0.351 e. The molecule has 0 unspecified atom stereocenters. The minimum absolute atomic E-state index is 0.267. The van der Waals surface area contributed by atoms with E-state index in [2.05, 4.69) is 4.99 Å². The van der Waals surface area contributed by atoms with E-state index in [1.165, 1.54) is 32.1 Å². The number of hydrogen-bond acceptors (Lipinski definition) is 3. The molecule has 3 heteroatoms. The highest BCUT2D eigenvalue weighted by atomic mass is 16.7. The molecule has 0 spiro atoms. The summed E-state index contributed by atoms with van der Waals surface area (Å²) in [5.74, 6) is 0. The predicted octanol–water partition coefficient (Wildman–Crippen LogP) is 2.40. The Balaban J connectivity index is 2.47. The van der Waals surface area contributed by atoms with E-state index in [1.807, 2.05) is 6.92 Å². The third-order valence-electron chi connectivity index (χ3n) is 2.73.